The smallest absolute Gasteiger partial charge is 0.257 e. The Morgan fingerprint density at radius 1 is 0.931 bits per heavy atom. The predicted molar refractivity (Wildman–Crippen MR) is 118 cm³/mol. The van der Waals surface area contributed by atoms with Crippen molar-refractivity contribution in [2.24, 2.45) is 0 Å². The third-order valence-electron chi connectivity index (χ3n) is 4.65. The predicted octanol–water partition coefficient (Wildman–Crippen LogP) is 6.98. The molecule has 0 radical (unpaired) electrons. The van der Waals surface area contributed by atoms with E-state index in [0.29, 0.717) is 32.8 Å². The molecule has 0 bridgehead atoms. The van der Waals surface area contributed by atoms with Crippen molar-refractivity contribution in [3.05, 3.63) is 80.8 Å². The second-order valence-electron chi connectivity index (χ2n) is 7.08. The van der Waals surface area contributed by atoms with Crippen LogP contribution in [0.15, 0.2) is 52.9 Å². The fraction of sp³-hybridized carbons (Fsp3) is 0.130. The second kappa shape index (κ2) is 7.54. The molecule has 0 aliphatic carbocycles. The lowest BCUT2D eigenvalue weighted by molar-refractivity contribution is 0.102. The van der Waals surface area contributed by atoms with Gasteiger partial charge < -0.3 is 9.73 Å². The molecule has 0 aliphatic heterocycles. The SMILES string of the molecule is Cc1ccc(C(=O)Nc2cc(-c3nc4cc(C)cc(C)c4o3)ccc2Cl)c(Cl)c1. The monoisotopic (exact) mass is 424 g/mol. The Balaban J connectivity index is 1.69. The highest BCUT2D eigenvalue weighted by Gasteiger charge is 2.16. The van der Waals surface area contributed by atoms with E-state index in [1.165, 1.54) is 0 Å². The molecule has 0 fully saturated rings. The molecule has 6 heteroatoms. The van der Waals surface area contributed by atoms with Gasteiger partial charge in [-0.25, -0.2) is 4.98 Å². The zero-order valence-electron chi connectivity index (χ0n) is 16.1. The van der Waals surface area contributed by atoms with E-state index >= 15 is 0 Å². The highest BCUT2D eigenvalue weighted by molar-refractivity contribution is 6.36. The third-order valence-corrected chi connectivity index (χ3v) is 5.29. The normalized spacial score (nSPS) is 11.1. The fourth-order valence-electron chi connectivity index (χ4n) is 3.25. The van der Waals surface area contributed by atoms with Gasteiger partial charge in [0.1, 0.15) is 5.52 Å². The maximum absolute atomic E-state index is 12.7. The zero-order chi connectivity index (χ0) is 20.7. The summed E-state index contributed by atoms with van der Waals surface area (Å²) in [6.07, 6.45) is 0. The van der Waals surface area contributed by atoms with Gasteiger partial charge in [-0.3, -0.25) is 4.79 Å². The first-order valence-corrected chi connectivity index (χ1v) is 9.82. The molecule has 0 saturated carbocycles. The minimum absolute atomic E-state index is 0.335. The maximum Gasteiger partial charge on any atom is 0.257 e. The van der Waals surface area contributed by atoms with Gasteiger partial charge in [0.15, 0.2) is 5.58 Å². The molecule has 1 heterocycles. The molecule has 0 saturated heterocycles. The molecular weight excluding hydrogens is 407 g/mol. The molecular formula is C23H18Cl2N2O2. The number of halogens is 2. The van der Waals surface area contributed by atoms with Gasteiger partial charge in [0.25, 0.3) is 5.91 Å². The van der Waals surface area contributed by atoms with Gasteiger partial charge in [0.2, 0.25) is 5.89 Å². The van der Waals surface area contributed by atoms with E-state index in [4.69, 9.17) is 27.6 Å². The Morgan fingerprint density at radius 3 is 2.48 bits per heavy atom. The summed E-state index contributed by atoms with van der Waals surface area (Å²) in [6, 6.07) is 14.6. The molecule has 4 nitrogen and oxygen atoms in total. The summed E-state index contributed by atoms with van der Waals surface area (Å²) in [4.78, 5) is 17.3. The van der Waals surface area contributed by atoms with Crippen LogP contribution in [0.4, 0.5) is 5.69 Å². The molecule has 0 unspecified atom stereocenters. The van der Waals surface area contributed by atoms with Crippen molar-refractivity contribution in [2.75, 3.05) is 5.32 Å². The Morgan fingerprint density at radius 2 is 1.72 bits per heavy atom. The van der Waals surface area contributed by atoms with Gasteiger partial charge in [-0.15, -0.1) is 0 Å². The van der Waals surface area contributed by atoms with Gasteiger partial charge in [-0.05, 0) is 73.9 Å². The highest BCUT2D eigenvalue weighted by Crippen LogP contribution is 2.32. The van der Waals surface area contributed by atoms with Crippen LogP contribution in [0, 0.1) is 20.8 Å². The number of carbonyl (C=O) groups is 1. The minimum atomic E-state index is -0.335. The van der Waals surface area contributed by atoms with E-state index in [-0.39, 0.29) is 5.91 Å². The number of aryl methyl sites for hydroxylation is 3. The third kappa shape index (κ3) is 3.86. The largest absolute Gasteiger partial charge is 0.436 e. The number of rotatable bonds is 3. The summed E-state index contributed by atoms with van der Waals surface area (Å²) in [5.41, 5.74) is 6.22. The van der Waals surface area contributed by atoms with Crippen LogP contribution in [-0.2, 0) is 0 Å². The first-order valence-electron chi connectivity index (χ1n) is 9.07. The number of nitrogens with one attached hydrogen (secondary N) is 1. The van der Waals surface area contributed by atoms with E-state index in [2.05, 4.69) is 16.4 Å². The Bertz CT molecular complexity index is 1260. The summed E-state index contributed by atoms with van der Waals surface area (Å²) >= 11 is 12.5. The van der Waals surface area contributed by atoms with Crippen LogP contribution in [0.2, 0.25) is 10.0 Å². The minimum Gasteiger partial charge on any atom is -0.436 e. The van der Waals surface area contributed by atoms with Crippen LogP contribution >= 0.6 is 23.2 Å². The number of hydrogen-bond donors (Lipinski definition) is 1. The van der Waals surface area contributed by atoms with Crippen LogP contribution in [0.25, 0.3) is 22.6 Å². The second-order valence-corrected chi connectivity index (χ2v) is 7.90. The summed E-state index contributed by atoms with van der Waals surface area (Å²) in [5, 5.41) is 3.63. The molecule has 146 valence electrons. The van der Waals surface area contributed by atoms with Crippen LogP contribution < -0.4 is 5.32 Å². The topological polar surface area (TPSA) is 55.1 Å². The van der Waals surface area contributed by atoms with Crippen molar-refractivity contribution in [3.8, 4) is 11.5 Å². The van der Waals surface area contributed by atoms with E-state index in [1.54, 1.807) is 24.3 Å². The quantitative estimate of drug-likeness (QED) is 0.385. The lowest BCUT2D eigenvalue weighted by atomic mass is 10.1. The van der Waals surface area contributed by atoms with Crippen LogP contribution in [0.3, 0.4) is 0 Å². The van der Waals surface area contributed by atoms with Gasteiger partial charge in [-0.1, -0.05) is 35.3 Å². The number of amides is 1. The lowest BCUT2D eigenvalue weighted by Gasteiger charge is -2.10. The van der Waals surface area contributed by atoms with E-state index in [1.807, 2.05) is 39.0 Å². The number of benzene rings is 3. The van der Waals surface area contributed by atoms with Crippen molar-refractivity contribution >= 4 is 45.9 Å². The summed E-state index contributed by atoms with van der Waals surface area (Å²) < 4.78 is 5.97. The number of carbonyl (C=O) groups excluding carboxylic acids is 1. The van der Waals surface area contributed by atoms with Crippen LogP contribution in [0.5, 0.6) is 0 Å². The molecule has 1 amide bonds. The molecule has 4 rings (SSSR count). The molecule has 3 aromatic carbocycles. The lowest BCUT2D eigenvalue weighted by Crippen LogP contribution is -2.13. The zero-order valence-corrected chi connectivity index (χ0v) is 17.7. The van der Waals surface area contributed by atoms with Crippen LogP contribution in [0.1, 0.15) is 27.0 Å². The standard InChI is InChI=1S/C23H18Cl2N2O2/c1-12-4-6-16(18(25)9-12)22(28)26-19-11-15(5-7-17(19)24)23-27-20-10-13(2)8-14(3)21(20)29-23/h4-11H,1-3H3,(H,26,28). The van der Waals surface area contributed by atoms with Gasteiger partial charge in [0.05, 0.1) is 21.3 Å². The molecule has 0 aliphatic rings. The number of aromatic nitrogens is 1. The summed E-state index contributed by atoms with van der Waals surface area (Å²) in [6.45, 7) is 5.92. The van der Waals surface area contributed by atoms with E-state index in [9.17, 15) is 4.79 Å². The maximum atomic E-state index is 12.7. The molecule has 29 heavy (non-hydrogen) atoms. The van der Waals surface area contributed by atoms with E-state index in [0.717, 1.165) is 27.8 Å². The van der Waals surface area contributed by atoms with Gasteiger partial charge in [0, 0.05) is 5.56 Å². The molecule has 1 aromatic heterocycles. The van der Waals surface area contributed by atoms with Crippen molar-refractivity contribution in [1.82, 2.24) is 4.98 Å². The summed E-state index contributed by atoms with van der Waals surface area (Å²) in [5.74, 6) is 0.132. The van der Waals surface area contributed by atoms with Crippen LogP contribution in [-0.4, -0.2) is 10.9 Å². The number of nitrogens with zero attached hydrogens (tertiary/aromatic N) is 1. The number of oxazole rings is 1. The average Bonchev–Trinajstić information content (AvgIpc) is 3.07. The fourth-order valence-corrected chi connectivity index (χ4v) is 3.73. The highest BCUT2D eigenvalue weighted by atomic mass is 35.5. The van der Waals surface area contributed by atoms with E-state index < -0.39 is 0 Å². The average molecular weight is 425 g/mol. The first-order chi connectivity index (χ1) is 13.8. The number of hydrogen-bond acceptors (Lipinski definition) is 3. The van der Waals surface area contributed by atoms with Crippen molar-refractivity contribution in [2.45, 2.75) is 20.8 Å². The molecule has 4 aromatic rings. The first kappa shape index (κ1) is 19.5. The molecule has 0 spiro atoms. The molecule has 1 N–H and O–H groups in total. The number of anilines is 1. The number of fused-ring (bicyclic) bond motifs is 1. The Hall–Kier alpha value is -2.82. The molecule has 0 atom stereocenters. The van der Waals surface area contributed by atoms with Crippen molar-refractivity contribution in [1.29, 1.82) is 0 Å². The van der Waals surface area contributed by atoms with Gasteiger partial charge >= 0.3 is 0 Å². The summed E-state index contributed by atoms with van der Waals surface area (Å²) in [7, 11) is 0. The Labute approximate surface area is 178 Å². The Kier molecular flexibility index (Phi) is 5.07. The van der Waals surface area contributed by atoms with Crippen molar-refractivity contribution < 1.29 is 9.21 Å². The van der Waals surface area contributed by atoms with Crippen molar-refractivity contribution in [3.63, 3.8) is 0 Å². The van der Waals surface area contributed by atoms with Gasteiger partial charge in [-0.2, -0.15) is 0 Å².